The molecule has 0 aliphatic carbocycles. The largest absolute Gasteiger partial charge is 0.462 e. The highest BCUT2D eigenvalue weighted by Crippen LogP contribution is 2.27. The minimum atomic E-state index is -3.73. The molecule has 9 heteroatoms. The van der Waals surface area contributed by atoms with E-state index in [0.29, 0.717) is 29.2 Å². The molecule has 2 N–H and O–H groups in total. The highest BCUT2D eigenvalue weighted by Gasteiger charge is 2.18. The predicted molar refractivity (Wildman–Crippen MR) is 165 cm³/mol. The minimum Gasteiger partial charge on any atom is -0.462 e. The van der Waals surface area contributed by atoms with Gasteiger partial charge in [0.2, 0.25) is 9.84 Å². The number of carbonyl (C=O) groups excluding carboxylic acids is 1. The van der Waals surface area contributed by atoms with Gasteiger partial charge in [0.25, 0.3) is 0 Å². The van der Waals surface area contributed by atoms with Gasteiger partial charge in [-0.05, 0) is 97.1 Å². The first kappa shape index (κ1) is 32.3. The Balaban J connectivity index is 0.00000462. The zero-order chi connectivity index (χ0) is 28.5. The molecule has 0 aliphatic heterocycles. The molecule has 4 aromatic carbocycles. The summed E-state index contributed by atoms with van der Waals surface area (Å²) in [6.45, 7) is 3.16. The monoisotopic (exact) mass is 613 g/mol. The lowest BCUT2D eigenvalue weighted by atomic mass is 10.0. The van der Waals surface area contributed by atoms with Gasteiger partial charge < -0.3 is 15.2 Å². The van der Waals surface area contributed by atoms with Gasteiger partial charge in [-0.15, -0.1) is 12.4 Å². The van der Waals surface area contributed by atoms with Crippen molar-refractivity contribution in [1.29, 1.82) is 0 Å². The summed E-state index contributed by atoms with van der Waals surface area (Å²) in [5.41, 5.74) is 3.63. The molecule has 0 saturated carbocycles. The number of benzene rings is 4. The van der Waals surface area contributed by atoms with Crippen LogP contribution in [0.25, 0.3) is 11.1 Å². The van der Waals surface area contributed by atoms with Gasteiger partial charge in [-0.2, -0.15) is 0 Å². The average molecular weight is 615 g/mol. The van der Waals surface area contributed by atoms with Gasteiger partial charge in [0.15, 0.2) is 0 Å². The lowest BCUT2D eigenvalue weighted by Crippen LogP contribution is -2.22. The van der Waals surface area contributed by atoms with Gasteiger partial charge in [-0.1, -0.05) is 60.1 Å². The Kier molecular flexibility index (Phi) is 11.9. The number of aryl methyl sites for hydroxylation is 1. The van der Waals surface area contributed by atoms with Crippen LogP contribution >= 0.6 is 24.0 Å². The van der Waals surface area contributed by atoms with E-state index in [1.54, 1.807) is 67.6 Å². The van der Waals surface area contributed by atoms with E-state index in [4.69, 9.17) is 16.3 Å². The predicted octanol–water partition coefficient (Wildman–Crippen LogP) is 6.69. The normalized spacial score (nSPS) is 11.9. The van der Waals surface area contributed by atoms with Gasteiger partial charge in [-0.3, -0.25) is 0 Å². The van der Waals surface area contributed by atoms with Crippen LogP contribution in [0.4, 0.5) is 0 Å². The Morgan fingerprint density at radius 3 is 2.29 bits per heavy atom. The van der Waals surface area contributed by atoms with E-state index in [0.717, 1.165) is 29.5 Å². The van der Waals surface area contributed by atoms with Crippen LogP contribution in [0.15, 0.2) is 107 Å². The number of carbonyl (C=O) groups is 1. The summed E-state index contributed by atoms with van der Waals surface area (Å²) < 4.78 is 31.8. The maximum atomic E-state index is 13.4. The van der Waals surface area contributed by atoms with Crippen LogP contribution < -0.4 is 5.32 Å². The second kappa shape index (κ2) is 15.1. The van der Waals surface area contributed by atoms with Gasteiger partial charge in [-0.25, -0.2) is 13.2 Å². The molecule has 4 rings (SSSR count). The van der Waals surface area contributed by atoms with Crippen molar-refractivity contribution in [3.05, 3.63) is 119 Å². The number of nitrogens with one attached hydrogen (secondary N) is 1. The van der Waals surface area contributed by atoms with E-state index >= 15 is 0 Å². The van der Waals surface area contributed by atoms with Gasteiger partial charge >= 0.3 is 5.97 Å². The molecular formula is C32H33Cl2NO5S. The molecule has 0 radical (unpaired) electrons. The van der Waals surface area contributed by atoms with Crippen molar-refractivity contribution in [1.82, 2.24) is 5.32 Å². The first-order chi connectivity index (χ1) is 19.3. The van der Waals surface area contributed by atoms with Crippen LogP contribution in [0, 0.1) is 0 Å². The molecule has 6 nitrogen and oxygen atoms in total. The van der Waals surface area contributed by atoms with Crippen LogP contribution in [0.3, 0.4) is 0 Å². The van der Waals surface area contributed by atoms with Gasteiger partial charge in [0.05, 0.1) is 28.1 Å². The van der Waals surface area contributed by atoms with Crippen LogP contribution in [0.5, 0.6) is 0 Å². The minimum absolute atomic E-state index is 0. The van der Waals surface area contributed by atoms with Crippen LogP contribution in [0.2, 0.25) is 5.02 Å². The highest BCUT2D eigenvalue weighted by molar-refractivity contribution is 7.91. The fraction of sp³-hybridized carbons (Fsp3) is 0.219. The topological polar surface area (TPSA) is 92.7 Å². The summed E-state index contributed by atoms with van der Waals surface area (Å²) in [7, 11) is -3.73. The number of esters is 1. The molecule has 0 saturated heterocycles. The average Bonchev–Trinajstić information content (AvgIpc) is 2.97. The summed E-state index contributed by atoms with van der Waals surface area (Å²) >= 11 is 5.99. The molecule has 1 atom stereocenters. The number of ether oxygens (including phenoxy) is 1. The summed E-state index contributed by atoms with van der Waals surface area (Å²) in [6, 6.07) is 27.8. The zero-order valence-corrected chi connectivity index (χ0v) is 25.0. The van der Waals surface area contributed by atoms with Crippen molar-refractivity contribution in [3.63, 3.8) is 0 Å². The molecule has 0 heterocycles. The van der Waals surface area contributed by atoms with Crippen molar-refractivity contribution < 1.29 is 23.1 Å². The fourth-order valence-electron chi connectivity index (χ4n) is 4.34. The lowest BCUT2D eigenvalue weighted by Gasteiger charge is -2.12. The third-order valence-corrected chi connectivity index (χ3v) is 8.48. The number of rotatable bonds is 12. The van der Waals surface area contributed by atoms with Crippen molar-refractivity contribution in [2.75, 3.05) is 19.7 Å². The maximum absolute atomic E-state index is 13.4. The Morgan fingerprint density at radius 1 is 0.902 bits per heavy atom. The number of hydrogen-bond acceptors (Lipinski definition) is 6. The second-order valence-corrected chi connectivity index (χ2v) is 11.7. The fourth-order valence-corrected chi connectivity index (χ4v) is 5.85. The van der Waals surface area contributed by atoms with E-state index in [1.807, 2.05) is 36.4 Å². The summed E-state index contributed by atoms with van der Waals surface area (Å²) in [4.78, 5) is 12.5. The van der Waals surface area contributed by atoms with E-state index in [1.165, 1.54) is 0 Å². The smallest absolute Gasteiger partial charge is 0.338 e. The molecule has 0 spiro atoms. The molecule has 0 aliphatic rings. The summed E-state index contributed by atoms with van der Waals surface area (Å²) in [5, 5.41) is 14.1. The van der Waals surface area contributed by atoms with E-state index in [9.17, 15) is 18.3 Å². The number of aliphatic hydroxyl groups is 1. The second-order valence-electron chi connectivity index (χ2n) is 9.35. The Morgan fingerprint density at radius 2 is 1.59 bits per heavy atom. The van der Waals surface area contributed by atoms with Crippen LogP contribution in [0.1, 0.15) is 40.9 Å². The zero-order valence-electron chi connectivity index (χ0n) is 22.6. The number of halogens is 2. The van der Waals surface area contributed by atoms with Crippen molar-refractivity contribution in [3.8, 4) is 11.1 Å². The Hall–Kier alpha value is -3.20. The van der Waals surface area contributed by atoms with E-state index < -0.39 is 21.9 Å². The number of hydrogen-bond donors (Lipinski definition) is 2. The molecule has 0 fully saturated rings. The molecule has 0 bridgehead atoms. The standard InChI is InChI=1S/C32H32ClNO5S.ClH/c1-2-39-32(36)27-11-3-8-24(19-27)25-9-5-13-30(21-25)40(37,38)29-16-14-23(15-17-29)7-6-18-34-22-31(35)26-10-4-12-28(33)20-26;/h3-5,8-17,19-21,31,34-35H,2,6-7,18,22H2,1H3;1H/t31-;/m0./s1. The summed E-state index contributed by atoms with van der Waals surface area (Å²) in [6.07, 6.45) is 0.969. The molecule has 4 aromatic rings. The maximum Gasteiger partial charge on any atom is 0.338 e. The van der Waals surface area contributed by atoms with Crippen molar-refractivity contribution in [2.24, 2.45) is 0 Å². The molecule has 0 amide bonds. The lowest BCUT2D eigenvalue weighted by molar-refractivity contribution is 0.0526. The third kappa shape index (κ3) is 8.64. The van der Waals surface area contributed by atoms with Crippen LogP contribution in [-0.2, 0) is 21.0 Å². The van der Waals surface area contributed by atoms with Gasteiger partial charge in [0, 0.05) is 11.6 Å². The quantitative estimate of drug-likeness (QED) is 0.136. The Labute approximate surface area is 252 Å². The molecular weight excluding hydrogens is 581 g/mol. The number of sulfone groups is 1. The molecule has 0 aromatic heterocycles. The molecule has 41 heavy (non-hydrogen) atoms. The van der Waals surface area contributed by atoms with E-state index in [-0.39, 0.29) is 28.8 Å². The molecule has 216 valence electrons. The van der Waals surface area contributed by atoms with Gasteiger partial charge in [0.1, 0.15) is 0 Å². The SMILES string of the molecule is CCOC(=O)c1cccc(-c2cccc(S(=O)(=O)c3ccc(CCCNC[C@H](O)c4cccc(Cl)c4)cc3)c2)c1.Cl. The Bertz CT molecular complexity index is 1560. The van der Waals surface area contributed by atoms with Crippen molar-refractivity contribution >= 4 is 39.8 Å². The number of aliphatic hydroxyl groups excluding tert-OH is 1. The van der Waals surface area contributed by atoms with Crippen molar-refractivity contribution in [2.45, 2.75) is 35.7 Å². The van der Waals surface area contributed by atoms with E-state index in [2.05, 4.69) is 5.32 Å². The van der Waals surface area contributed by atoms with Crippen LogP contribution in [-0.4, -0.2) is 39.2 Å². The first-order valence-electron chi connectivity index (χ1n) is 13.1. The summed E-state index contributed by atoms with van der Waals surface area (Å²) in [5.74, 6) is -0.417. The third-order valence-electron chi connectivity index (χ3n) is 6.48. The highest BCUT2D eigenvalue weighted by atomic mass is 35.5. The first-order valence-corrected chi connectivity index (χ1v) is 15.0. The molecule has 0 unspecified atom stereocenters.